The minimum absolute atomic E-state index is 0.0360. The van der Waals surface area contributed by atoms with Gasteiger partial charge in [-0.1, -0.05) is 29.8 Å². The Bertz CT molecular complexity index is 1190. The fraction of sp³-hybridized carbons (Fsp3) is 0.227. The summed E-state index contributed by atoms with van der Waals surface area (Å²) in [4.78, 5) is 28.9. The van der Waals surface area contributed by atoms with Gasteiger partial charge in [-0.2, -0.15) is 9.78 Å². The normalized spacial score (nSPS) is 14.3. The molecule has 1 aliphatic heterocycles. The second-order valence-electron chi connectivity index (χ2n) is 7.25. The monoisotopic (exact) mass is 478 g/mol. The van der Waals surface area contributed by atoms with E-state index in [1.54, 1.807) is 29.2 Å². The maximum absolute atomic E-state index is 12.7. The van der Waals surface area contributed by atoms with Gasteiger partial charge in [-0.15, -0.1) is 13.2 Å². The van der Waals surface area contributed by atoms with Gasteiger partial charge in [0.25, 0.3) is 11.5 Å². The van der Waals surface area contributed by atoms with Crippen LogP contribution in [0.25, 0.3) is 5.69 Å². The van der Waals surface area contributed by atoms with Crippen LogP contribution in [0.5, 0.6) is 5.75 Å². The first kappa shape index (κ1) is 22.7. The molecule has 2 aromatic carbocycles. The summed E-state index contributed by atoms with van der Waals surface area (Å²) >= 11 is 6.35. The number of ether oxygens (including phenoxy) is 1. The molecule has 0 spiro atoms. The average molecular weight is 479 g/mol. The van der Waals surface area contributed by atoms with Crippen molar-refractivity contribution in [2.75, 3.05) is 31.1 Å². The number of amides is 1. The molecule has 0 aliphatic carbocycles. The van der Waals surface area contributed by atoms with Gasteiger partial charge in [-0.3, -0.25) is 9.59 Å². The zero-order chi connectivity index (χ0) is 23.6. The van der Waals surface area contributed by atoms with Gasteiger partial charge in [-0.05, 0) is 36.4 Å². The van der Waals surface area contributed by atoms with Gasteiger partial charge < -0.3 is 14.5 Å². The molecule has 1 amide bonds. The first-order valence-electron chi connectivity index (χ1n) is 9.96. The summed E-state index contributed by atoms with van der Waals surface area (Å²) in [5.41, 5.74) is 0.885. The summed E-state index contributed by atoms with van der Waals surface area (Å²) in [5, 5.41) is 4.26. The Labute approximate surface area is 191 Å². The van der Waals surface area contributed by atoms with Crippen LogP contribution >= 0.6 is 11.6 Å². The Morgan fingerprint density at radius 1 is 0.970 bits per heavy atom. The third-order valence-electron chi connectivity index (χ3n) is 5.14. The molecule has 0 unspecified atom stereocenters. The van der Waals surface area contributed by atoms with Gasteiger partial charge in [0.2, 0.25) is 0 Å². The number of carbonyl (C=O) groups excluding carboxylic acids is 1. The molecule has 2 heterocycles. The lowest BCUT2D eigenvalue weighted by atomic mass is 10.1. The lowest BCUT2D eigenvalue weighted by molar-refractivity contribution is -0.274. The zero-order valence-corrected chi connectivity index (χ0v) is 17.9. The summed E-state index contributed by atoms with van der Waals surface area (Å²) in [6.07, 6.45) is -3.27. The number of hydrogen-bond donors (Lipinski definition) is 0. The Morgan fingerprint density at radius 2 is 1.61 bits per heavy atom. The van der Waals surface area contributed by atoms with Crippen LogP contribution < -0.4 is 15.2 Å². The summed E-state index contributed by atoms with van der Waals surface area (Å²) in [6.45, 7) is 1.52. The van der Waals surface area contributed by atoms with E-state index < -0.39 is 17.7 Å². The first-order chi connectivity index (χ1) is 15.7. The van der Waals surface area contributed by atoms with Crippen LogP contribution in [-0.2, 0) is 0 Å². The summed E-state index contributed by atoms with van der Waals surface area (Å²) < 4.78 is 41.9. The molecule has 0 radical (unpaired) electrons. The maximum atomic E-state index is 12.7. The van der Waals surface area contributed by atoms with E-state index in [-0.39, 0.29) is 16.5 Å². The number of nitrogens with zero attached hydrogens (tertiary/aromatic N) is 4. The lowest BCUT2D eigenvalue weighted by Gasteiger charge is -2.36. The van der Waals surface area contributed by atoms with Crippen LogP contribution in [0.4, 0.5) is 18.9 Å². The number of anilines is 1. The van der Waals surface area contributed by atoms with Crippen molar-refractivity contribution in [3.63, 3.8) is 0 Å². The molecular formula is C22H18ClF3N4O3. The molecule has 1 fully saturated rings. The highest BCUT2D eigenvalue weighted by Gasteiger charge is 2.31. The van der Waals surface area contributed by atoms with E-state index in [1.807, 2.05) is 11.0 Å². The van der Waals surface area contributed by atoms with Crippen molar-refractivity contribution in [3.8, 4) is 11.4 Å². The Morgan fingerprint density at radius 3 is 2.21 bits per heavy atom. The van der Waals surface area contributed by atoms with Crippen LogP contribution in [0.15, 0.2) is 65.6 Å². The van der Waals surface area contributed by atoms with Crippen molar-refractivity contribution in [1.29, 1.82) is 0 Å². The van der Waals surface area contributed by atoms with E-state index in [4.69, 9.17) is 11.6 Å². The van der Waals surface area contributed by atoms with E-state index in [9.17, 15) is 22.8 Å². The molecule has 172 valence electrons. The van der Waals surface area contributed by atoms with Crippen LogP contribution in [0.3, 0.4) is 0 Å². The molecule has 0 bridgehead atoms. The maximum Gasteiger partial charge on any atom is 0.573 e. The van der Waals surface area contributed by atoms with Gasteiger partial charge in [0.05, 0.1) is 17.6 Å². The first-order valence-corrected chi connectivity index (χ1v) is 10.3. The second-order valence-corrected chi connectivity index (χ2v) is 7.63. The number of hydrogen-bond acceptors (Lipinski definition) is 5. The Kier molecular flexibility index (Phi) is 6.28. The molecule has 1 aliphatic rings. The van der Waals surface area contributed by atoms with Crippen LogP contribution in [0, 0.1) is 0 Å². The minimum atomic E-state index is -4.79. The largest absolute Gasteiger partial charge is 0.573 e. The molecule has 0 atom stereocenters. The highest BCUT2D eigenvalue weighted by atomic mass is 35.5. The van der Waals surface area contributed by atoms with Crippen molar-refractivity contribution in [3.05, 3.63) is 81.7 Å². The Hall–Kier alpha value is -3.53. The van der Waals surface area contributed by atoms with Crippen molar-refractivity contribution in [2.24, 2.45) is 0 Å². The summed E-state index contributed by atoms with van der Waals surface area (Å²) in [7, 11) is 0. The molecule has 33 heavy (non-hydrogen) atoms. The van der Waals surface area contributed by atoms with Gasteiger partial charge in [0.1, 0.15) is 10.8 Å². The molecule has 1 saturated heterocycles. The quantitative estimate of drug-likeness (QED) is 0.571. The topological polar surface area (TPSA) is 67.7 Å². The Balaban J connectivity index is 1.42. The van der Waals surface area contributed by atoms with E-state index in [2.05, 4.69) is 9.84 Å². The predicted octanol–water partition coefficient (Wildman–Crippen LogP) is 3.75. The standard InChI is InChI=1S/C22H18ClF3N4O3/c23-19-18(14-27-30(21(19)32)16-4-2-1-3-5-16)28-10-12-29(13-11-28)20(31)15-6-8-17(9-7-15)33-22(24,25)26/h1-9,14H,10-13H2. The third kappa shape index (κ3) is 5.11. The number of halogens is 4. The summed E-state index contributed by atoms with van der Waals surface area (Å²) in [5.74, 6) is -0.701. The smallest absolute Gasteiger partial charge is 0.406 e. The highest BCUT2D eigenvalue weighted by Crippen LogP contribution is 2.25. The number of piperazine rings is 1. The van der Waals surface area contributed by atoms with Crippen LogP contribution in [0.2, 0.25) is 5.02 Å². The number of benzene rings is 2. The number of para-hydroxylation sites is 1. The number of aromatic nitrogens is 2. The van der Waals surface area contributed by atoms with Crippen molar-refractivity contribution < 1.29 is 22.7 Å². The zero-order valence-electron chi connectivity index (χ0n) is 17.1. The fourth-order valence-corrected chi connectivity index (χ4v) is 3.78. The SMILES string of the molecule is O=C(c1ccc(OC(F)(F)F)cc1)N1CCN(c2cnn(-c3ccccc3)c(=O)c2Cl)CC1. The predicted molar refractivity (Wildman–Crippen MR) is 116 cm³/mol. The van der Waals surface area contributed by atoms with E-state index in [0.717, 1.165) is 12.1 Å². The number of rotatable bonds is 4. The lowest BCUT2D eigenvalue weighted by Crippen LogP contribution is -2.49. The van der Waals surface area contributed by atoms with Crippen molar-refractivity contribution >= 4 is 23.2 Å². The number of alkyl halides is 3. The average Bonchev–Trinajstić information content (AvgIpc) is 2.80. The third-order valence-corrected chi connectivity index (χ3v) is 5.50. The molecule has 3 aromatic rings. The molecular weight excluding hydrogens is 461 g/mol. The van der Waals surface area contributed by atoms with E-state index in [1.165, 1.54) is 23.0 Å². The fourth-order valence-electron chi connectivity index (χ4n) is 3.53. The molecule has 1 aromatic heterocycles. The molecule has 7 nitrogen and oxygen atoms in total. The van der Waals surface area contributed by atoms with Gasteiger partial charge in [0, 0.05) is 31.7 Å². The number of carbonyl (C=O) groups is 1. The van der Waals surface area contributed by atoms with Gasteiger partial charge in [-0.25, -0.2) is 0 Å². The molecule has 0 saturated carbocycles. The van der Waals surface area contributed by atoms with E-state index >= 15 is 0 Å². The minimum Gasteiger partial charge on any atom is -0.406 e. The second kappa shape index (κ2) is 9.14. The summed E-state index contributed by atoms with van der Waals surface area (Å²) in [6, 6.07) is 13.7. The molecule has 0 N–H and O–H groups in total. The van der Waals surface area contributed by atoms with E-state index in [0.29, 0.717) is 37.6 Å². The van der Waals surface area contributed by atoms with Crippen molar-refractivity contribution in [2.45, 2.75) is 6.36 Å². The molecule has 11 heteroatoms. The van der Waals surface area contributed by atoms with Crippen LogP contribution in [0.1, 0.15) is 10.4 Å². The van der Waals surface area contributed by atoms with Crippen LogP contribution in [-0.4, -0.2) is 53.1 Å². The highest BCUT2D eigenvalue weighted by molar-refractivity contribution is 6.33. The molecule has 4 rings (SSSR count). The van der Waals surface area contributed by atoms with Gasteiger partial charge in [0.15, 0.2) is 0 Å². The van der Waals surface area contributed by atoms with Crippen molar-refractivity contribution in [1.82, 2.24) is 14.7 Å². The van der Waals surface area contributed by atoms with Gasteiger partial charge >= 0.3 is 6.36 Å².